The van der Waals surface area contributed by atoms with E-state index in [1.807, 2.05) is 6.92 Å². The van der Waals surface area contributed by atoms with Crippen molar-refractivity contribution in [3.63, 3.8) is 0 Å². The molecule has 0 bridgehead atoms. The van der Waals surface area contributed by atoms with Crippen molar-refractivity contribution in [1.29, 1.82) is 0 Å². The van der Waals surface area contributed by atoms with Gasteiger partial charge in [-0.15, -0.1) is 0 Å². The standard InChI is InChI=1S/C16H33N3O/c1-6-15(2,3)19(5)12-8-7-11-16(4,14(17)20)18-13-9-10-13/h13,18H,6-12H2,1-5H3,(H2,17,20). The third kappa shape index (κ3) is 5.06. The Hall–Kier alpha value is -0.610. The second kappa shape index (κ2) is 6.90. The van der Waals surface area contributed by atoms with Crippen LogP contribution in [0.4, 0.5) is 0 Å². The predicted molar refractivity (Wildman–Crippen MR) is 84.6 cm³/mol. The highest BCUT2D eigenvalue weighted by Crippen LogP contribution is 2.25. The van der Waals surface area contributed by atoms with Crippen molar-refractivity contribution in [3.05, 3.63) is 0 Å². The zero-order valence-electron chi connectivity index (χ0n) is 14.0. The van der Waals surface area contributed by atoms with Crippen LogP contribution in [0.1, 0.15) is 66.2 Å². The number of amides is 1. The molecule has 0 heterocycles. The fourth-order valence-corrected chi connectivity index (χ4v) is 2.34. The highest BCUT2D eigenvalue weighted by atomic mass is 16.1. The van der Waals surface area contributed by atoms with Crippen LogP contribution in [0.2, 0.25) is 0 Å². The second-order valence-corrected chi connectivity index (χ2v) is 7.16. The average Bonchev–Trinajstić information content (AvgIpc) is 3.17. The number of hydrogen-bond acceptors (Lipinski definition) is 3. The minimum Gasteiger partial charge on any atom is -0.368 e. The molecule has 1 rings (SSSR count). The SMILES string of the molecule is CCC(C)(C)N(C)CCCCC(C)(NC1CC1)C(N)=O. The maximum absolute atomic E-state index is 11.7. The molecular weight excluding hydrogens is 250 g/mol. The van der Waals surface area contributed by atoms with E-state index in [9.17, 15) is 4.79 Å². The summed E-state index contributed by atoms with van der Waals surface area (Å²) in [6, 6.07) is 0.509. The van der Waals surface area contributed by atoms with Gasteiger partial charge in [-0.1, -0.05) is 6.92 Å². The van der Waals surface area contributed by atoms with Gasteiger partial charge in [0.05, 0.1) is 5.54 Å². The van der Waals surface area contributed by atoms with Gasteiger partial charge in [0.25, 0.3) is 0 Å². The van der Waals surface area contributed by atoms with Gasteiger partial charge in [0.1, 0.15) is 0 Å². The molecule has 4 nitrogen and oxygen atoms in total. The number of unbranched alkanes of at least 4 members (excludes halogenated alkanes) is 1. The Morgan fingerprint density at radius 1 is 1.30 bits per heavy atom. The van der Waals surface area contributed by atoms with E-state index >= 15 is 0 Å². The summed E-state index contributed by atoms with van der Waals surface area (Å²) in [5, 5.41) is 3.41. The average molecular weight is 283 g/mol. The van der Waals surface area contributed by atoms with E-state index in [0.717, 1.165) is 32.2 Å². The molecule has 0 aromatic rings. The minimum absolute atomic E-state index is 0.216. The monoisotopic (exact) mass is 283 g/mol. The summed E-state index contributed by atoms with van der Waals surface area (Å²) in [5.74, 6) is -0.216. The van der Waals surface area contributed by atoms with E-state index in [1.54, 1.807) is 0 Å². The van der Waals surface area contributed by atoms with Crippen LogP contribution in [-0.2, 0) is 4.79 Å². The van der Waals surface area contributed by atoms with Gasteiger partial charge < -0.3 is 16.0 Å². The van der Waals surface area contributed by atoms with Crippen molar-refractivity contribution in [2.75, 3.05) is 13.6 Å². The zero-order chi connectivity index (χ0) is 15.4. The number of nitrogens with two attached hydrogens (primary N) is 1. The van der Waals surface area contributed by atoms with Crippen molar-refractivity contribution in [3.8, 4) is 0 Å². The van der Waals surface area contributed by atoms with E-state index in [2.05, 4.69) is 38.0 Å². The normalized spacial score (nSPS) is 19.1. The lowest BCUT2D eigenvalue weighted by molar-refractivity contribution is -0.124. The largest absolute Gasteiger partial charge is 0.368 e. The van der Waals surface area contributed by atoms with Gasteiger partial charge in [-0.3, -0.25) is 4.79 Å². The summed E-state index contributed by atoms with van der Waals surface area (Å²) < 4.78 is 0. The van der Waals surface area contributed by atoms with Gasteiger partial charge in [0, 0.05) is 11.6 Å². The summed E-state index contributed by atoms with van der Waals surface area (Å²) in [4.78, 5) is 14.1. The molecule has 1 aliphatic carbocycles. The van der Waals surface area contributed by atoms with Gasteiger partial charge >= 0.3 is 0 Å². The highest BCUT2D eigenvalue weighted by molar-refractivity contribution is 5.84. The molecule has 118 valence electrons. The van der Waals surface area contributed by atoms with Gasteiger partial charge in [-0.2, -0.15) is 0 Å². The third-order valence-corrected chi connectivity index (χ3v) is 4.96. The molecule has 20 heavy (non-hydrogen) atoms. The maximum atomic E-state index is 11.7. The molecule has 1 amide bonds. The lowest BCUT2D eigenvalue weighted by Gasteiger charge is -2.35. The maximum Gasteiger partial charge on any atom is 0.237 e. The third-order valence-electron chi connectivity index (χ3n) is 4.96. The minimum atomic E-state index is -0.528. The first-order chi connectivity index (χ1) is 9.21. The summed E-state index contributed by atoms with van der Waals surface area (Å²) in [6.45, 7) is 9.79. The van der Waals surface area contributed by atoms with Gasteiger partial charge in [-0.05, 0) is 72.9 Å². The van der Waals surface area contributed by atoms with Crippen LogP contribution in [0.15, 0.2) is 0 Å². The Kier molecular flexibility index (Phi) is 6.02. The number of primary amides is 1. The van der Waals surface area contributed by atoms with Crippen LogP contribution in [0, 0.1) is 0 Å². The smallest absolute Gasteiger partial charge is 0.237 e. The molecule has 1 atom stereocenters. The first kappa shape index (κ1) is 17.4. The lowest BCUT2D eigenvalue weighted by atomic mass is 9.93. The Morgan fingerprint density at radius 3 is 2.35 bits per heavy atom. The second-order valence-electron chi connectivity index (χ2n) is 7.16. The molecule has 0 radical (unpaired) electrons. The van der Waals surface area contributed by atoms with Crippen molar-refractivity contribution in [2.45, 2.75) is 83.3 Å². The molecule has 0 aliphatic heterocycles. The van der Waals surface area contributed by atoms with Gasteiger partial charge in [0.15, 0.2) is 0 Å². The van der Waals surface area contributed by atoms with Crippen LogP contribution in [-0.4, -0.2) is 41.5 Å². The van der Waals surface area contributed by atoms with Crippen LogP contribution in [0.25, 0.3) is 0 Å². The van der Waals surface area contributed by atoms with Gasteiger partial charge in [0.2, 0.25) is 5.91 Å². The molecule has 0 saturated heterocycles. The number of nitrogens with one attached hydrogen (secondary N) is 1. The molecule has 4 heteroatoms. The van der Waals surface area contributed by atoms with Crippen LogP contribution >= 0.6 is 0 Å². The topological polar surface area (TPSA) is 58.4 Å². The first-order valence-electron chi connectivity index (χ1n) is 8.00. The van der Waals surface area contributed by atoms with Crippen molar-refractivity contribution in [1.82, 2.24) is 10.2 Å². The Balaban J connectivity index is 2.32. The highest BCUT2D eigenvalue weighted by Gasteiger charge is 2.36. The molecule has 0 aromatic carbocycles. The van der Waals surface area contributed by atoms with Crippen LogP contribution < -0.4 is 11.1 Å². The molecule has 1 fully saturated rings. The lowest BCUT2D eigenvalue weighted by Crippen LogP contribution is -2.54. The van der Waals surface area contributed by atoms with Crippen LogP contribution in [0.5, 0.6) is 0 Å². The van der Waals surface area contributed by atoms with E-state index < -0.39 is 5.54 Å². The number of nitrogens with zero attached hydrogens (tertiary/aromatic N) is 1. The molecule has 3 N–H and O–H groups in total. The Morgan fingerprint density at radius 2 is 1.90 bits per heavy atom. The summed E-state index contributed by atoms with van der Waals surface area (Å²) in [6.07, 6.45) is 6.47. The van der Waals surface area contributed by atoms with Crippen molar-refractivity contribution < 1.29 is 4.79 Å². The molecule has 1 saturated carbocycles. The number of carbonyl (C=O) groups excluding carboxylic acids is 1. The van der Waals surface area contributed by atoms with Crippen LogP contribution in [0.3, 0.4) is 0 Å². The zero-order valence-corrected chi connectivity index (χ0v) is 14.0. The fourth-order valence-electron chi connectivity index (χ4n) is 2.34. The fraction of sp³-hybridized carbons (Fsp3) is 0.938. The first-order valence-corrected chi connectivity index (χ1v) is 8.00. The summed E-state index contributed by atoms with van der Waals surface area (Å²) in [7, 11) is 2.18. The number of hydrogen-bond donors (Lipinski definition) is 2. The van der Waals surface area contributed by atoms with Crippen molar-refractivity contribution in [2.24, 2.45) is 5.73 Å². The molecule has 1 unspecified atom stereocenters. The molecule has 0 aromatic heterocycles. The Bertz CT molecular complexity index is 326. The van der Waals surface area contributed by atoms with E-state index in [1.165, 1.54) is 12.8 Å². The van der Waals surface area contributed by atoms with Gasteiger partial charge in [-0.25, -0.2) is 0 Å². The van der Waals surface area contributed by atoms with E-state index in [-0.39, 0.29) is 11.4 Å². The van der Waals surface area contributed by atoms with E-state index in [0.29, 0.717) is 6.04 Å². The van der Waals surface area contributed by atoms with E-state index in [4.69, 9.17) is 5.73 Å². The quantitative estimate of drug-likeness (QED) is 0.605. The summed E-state index contributed by atoms with van der Waals surface area (Å²) >= 11 is 0. The number of carbonyl (C=O) groups is 1. The summed E-state index contributed by atoms with van der Waals surface area (Å²) in [5.41, 5.74) is 5.29. The Labute approximate surface area is 124 Å². The molecular formula is C16H33N3O. The molecule has 0 spiro atoms. The number of rotatable bonds is 10. The molecule has 1 aliphatic rings. The predicted octanol–water partition coefficient (Wildman–Crippen LogP) is 2.27. The van der Waals surface area contributed by atoms with Crippen molar-refractivity contribution >= 4 is 5.91 Å².